The van der Waals surface area contributed by atoms with E-state index in [1.807, 2.05) is 24.3 Å². The van der Waals surface area contributed by atoms with E-state index in [1.54, 1.807) is 0 Å². The molecule has 1 rings (SSSR count). The van der Waals surface area contributed by atoms with Crippen molar-refractivity contribution < 1.29 is 9.84 Å². The lowest BCUT2D eigenvalue weighted by atomic mass is 10.1. The van der Waals surface area contributed by atoms with Gasteiger partial charge in [-0.1, -0.05) is 25.5 Å². The molecule has 0 amide bonds. The molecule has 0 fully saturated rings. The molecule has 1 aromatic rings. The molecule has 0 radical (unpaired) electrons. The van der Waals surface area contributed by atoms with Crippen molar-refractivity contribution in [1.29, 1.82) is 0 Å². The zero-order chi connectivity index (χ0) is 11.1. The number of aliphatic hydroxyl groups excluding tert-OH is 1. The molecule has 0 heterocycles. The highest BCUT2D eigenvalue weighted by atomic mass is 16.5. The molecule has 1 aromatic carbocycles. The summed E-state index contributed by atoms with van der Waals surface area (Å²) in [6.45, 7) is 2.85. The first kappa shape index (κ1) is 12.0. The molecule has 1 unspecified atom stereocenters. The van der Waals surface area contributed by atoms with Crippen molar-refractivity contribution in [1.82, 2.24) is 0 Å². The number of benzene rings is 1. The van der Waals surface area contributed by atoms with Gasteiger partial charge in [0, 0.05) is 0 Å². The number of rotatable bonds is 6. The minimum absolute atomic E-state index is 0.0317. The van der Waals surface area contributed by atoms with E-state index in [2.05, 4.69) is 6.92 Å². The number of nitrogens with two attached hydrogens (primary N) is 1. The van der Waals surface area contributed by atoms with Crippen molar-refractivity contribution in [3.05, 3.63) is 29.8 Å². The Labute approximate surface area is 90.9 Å². The van der Waals surface area contributed by atoms with Gasteiger partial charge in [-0.25, -0.2) is 0 Å². The van der Waals surface area contributed by atoms with Gasteiger partial charge in [0.1, 0.15) is 5.75 Å². The molecule has 84 valence electrons. The maximum atomic E-state index is 8.87. The lowest BCUT2D eigenvalue weighted by Crippen LogP contribution is -2.14. The van der Waals surface area contributed by atoms with Gasteiger partial charge < -0.3 is 15.6 Å². The smallest absolute Gasteiger partial charge is 0.119 e. The zero-order valence-electron chi connectivity index (χ0n) is 9.15. The van der Waals surface area contributed by atoms with Crippen LogP contribution in [-0.2, 0) is 0 Å². The van der Waals surface area contributed by atoms with Crippen LogP contribution in [0.5, 0.6) is 5.75 Å². The highest BCUT2D eigenvalue weighted by molar-refractivity contribution is 5.29. The standard InChI is InChI=1S/C12H19NO2/c1-2-3-8-15-11-6-4-10(5-7-11)12(13)9-14/h4-7,12,14H,2-3,8-9,13H2,1H3. The topological polar surface area (TPSA) is 55.5 Å². The first-order valence-electron chi connectivity index (χ1n) is 5.37. The summed E-state index contributed by atoms with van der Waals surface area (Å²) < 4.78 is 5.51. The number of hydrogen-bond donors (Lipinski definition) is 2. The van der Waals surface area contributed by atoms with E-state index < -0.39 is 0 Å². The van der Waals surface area contributed by atoms with Crippen molar-refractivity contribution in [3.8, 4) is 5.75 Å². The van der Waals surface area contributed by atoms with E-state index in [9.17, 15) is 0 Å². The lowest BCUT2D eigenvalue weighted by molar-refractivity contribution is 0.267. The van der Waals surface area contributed by atoms with Crippen molar-refractivity contribution in [2.75, 3.05) is 13.2 Å². The summed E-state index contributed by atoms with van der Waals surface area (Å²) >= 11 is 0. The average molecular weight is 209 g/mol. The Balaban J connectivity index is 2.49. The van der Waals surface area contributed by atoms with Crippen LogP contribution >= 0.6 is 0 Å². The van der Waals surface area contributed by atoms with Crippen LogP contribution in [0.3, 0.4) is 0 Å². The third kappa shape index (κ3) is 3.90. The second-order valence-corrected chi connectivity index (χ2v) is 3.56. The van der Waals surface area contributed by atoms with Gasteiger partial charge in [0.25, 0.3) is 0 Å². The molecule has 15 heavy (non-hydrogen) atoms. The Morgan fingerprint density at radius 1 is 1.33 bits per heavy atom. The Morgan fingerprint density at radius 3 is 2.53 bits per heavy atom. The number of unbranched alkanes of at least 4 members (excludes halogenated alkanes) is 1. The monoisotopic (exact) mass is 209 g/mol. The van der Waals surface area contributed by atoms with Crippen LogP contribution < -0.4 is 10.5 Å². The fourth-order valence-electron chi connectivity index (χ4n) is 1.25. The molecule has 0 saturated heterocycles. The molecule has 0 aliphatic carbocycles. The van der Waals surface area contributed by atoms with Gasteiger partial charge in [0.15, 0.2) is 0 Å². The van der Waals surface area contributed by atoms with Gasteiger partial charge in [-0.15, -0.1) is 0 Å². The number of ether oxygens (including phenoxy) is 1. The van der Waals surface area contributed by atoms with Gasteiger partial charge >= 0.3 is 0 Å². The van der Waals surface area contributed by atoms with E-state index in [-0.39, 0.29) is 12.6 Å². The largest absolute Gasteiger partial charge is 0.494 e. The van der Waals surface area contributed by atoms with Crippen LogP contribution in [0.2, 0.25) is 0 Å². The van der Waals surface area contributed by atoms with E-state index in [0.29, 0.717) is 0 Å². The molecule has 3 N–H and O–H groups in total. The minimum atomic E-state index is -0.297. The molecular formula is C12H19NO2. The molecule has 0 aliphatic rings. The van der Waals surface area contributed by atoms with Gasteiger partial charge in [-0.05, 0) is 24.1 Å². The lowest BCUT2D eigenvalue weighted by Gasteiger charge is -2.10. The van der Waals surface area contributed by atoms with Crippen LogP contribution in [0.1, 0.15) is 31.4 Å². The van der Waals surface area contributed by atoms with Gasteiger partial charge in [-0.2, -0.15) is 0 Å². The fraction of sp³-hybridized carbons (Fsp3) is 0.500. The summed E-state index contributed by atoms with van der Waals surface area (Å²) in [5, 5.41) is 8.87. The molecule has 0 spiro atoms. The summed E-state index contributed by atoms with van der Waals surface area (Å²) in [5.41, 5.74) is 6.61. The SMILES string of the molecule is CCCCOc1ccc(C(N)CO)cc1. The first-order chi connectivity index (χ1) is 7.27. The minimum Gasteiger partial charge on any atom is -0.494 e. The third-order valence-corrected chi connectivity index (χ3v) is 2.27. The highest BCUT2D eigenvalue weighted by Gasteiger charge is 2.03. The van der Waals surface area contributed by atoms with E-state index in [1.165, 1.54) is 0 Å². The maximum absolute atomic E-state index is 8.87. The van der Waals surface area contributed by atoms with Gasteiger partial charge in [-0.3, -0.25) is 0 Å². The molecule has 0 saturated carbocycles. The second-order valence-electron chi connectivity index (χ2n) is 3.56. The van der Waals surface area contributed by atoms with Gasteiger partial charge in [0.2, 0.25) is 0 Å². The van der Waals surface area contributed by atoms with Crippen LogP contribution in [0.4, 0.5) is 0 Å². The van der Waals surface area contributed by atoms with Gasteiger partial charge in [0.05, 0.1) is 19.3 Å². The Hall–Kier alpha value is -1.06. The zero-order valence-corrected chi connectivity index (χ0v) is 9.15. The first-order valence-corrected chi connectivity index (χ1v) is 5.37. The molecule has 0 aromatic heterocycles. The summed E-state index contributed by atoms with van der Waals surface area (Å²) in [6.07, 6.45) is 2.20. The molecule has 0 aliphatic heterocycles. The molecular weight excluding hydrogens is 190 g/mol. The van der Waals surface area contributed by atoms with Crippen molar-refractivity contribution in [2.24, 2.45) is 5.73 Å². The number of hydrogen-bond acceptors (Lipinski definition) is 3. The Bertz CT molecular complexity index is 271. The Morgan fingerprint density at radius 2 is 2.00 bits per heavy atom. The quantitative estimate of drug-likeness (QED) is 0.703. The normalized spacial score (nSPS) is 12.5. The van der Waals surface area contributed by atoms with Crippen molar-refractivity contribution in [2.45, 2.75) is 25.8 Å². The predicted octanol–water partition coefficient (Wildman–Crippen LogP) is 1.86. The van der Waals surface area contributed by atoms with Crippen LogP contribution in [0.25, 0.3) is 0 Å². The number of aliphatic hydroxyl groups is 1. The maximum Gasteiger partial charge on any atom is 0.119 e. The second kappa shape index (κ2) is 6.43. The fourth-order valence-corrected chi connectivity index (χ4v) is 1.25. The van der Waals surface area contributed by atoms with Crippen molar-refractivity contribution >= 4 is 0 Å². The predicted molar refractivity (Wildman–Crippen MR) is 60.9 cm³/mol. The summed E-state index contributed by atoms with van der Waals surface area (Å²) in [7, 11) is 0. The van der Waals surface area contributed by atoms with E-state index in [4.69, 9.17) is 15.6 Å². The van der Waals surface area contributed by atoms with Crippen molar-refractivity contribution in [3.63, 3.8) is 0 Å². The molecule has 3 heteroatoms. The molecule has 3 nitrogen and oxygen atoms in total. The summed E-state index contributed by atoms with van der Waals surface area (Å²) in [6, 6.07) is 7.26. The summed E-state index contributed by atoms with van der Waals surface area (Å²) in [5.74, 6) is 0.859. The van der Waals surface area contributed by atoms with E-state index in [0.717, 1.165) is 30.8 Å². The molecule has 0 bridgehead atoms. The molecule has 1 atom stereocenters. The van der Waals surface area contributed by atoms with Crippen LogP contribution in [0, 0.1) is 0 Å². The van der Waals surface area contributed by atoms with Crippen LogP contribution in [-0.4, -0.2) is 18.3 Å². The van der Waals surface area contributed by atoms with E-state index >= 15 is 0 Å². The average Bonchev–Trinajstić information content (AvgIpc) is 2.29. The third-order valence-electron chi connectivity index (χ3n) is 2.27. The summed E-state index contributed by atoms with van der Waals surface area (Å²) in [4.78, 5) is 0. The Kier molecular flexibility index (Phi) is 5.15. The van der Waals surface area contributed by atoms with Crippen LogP contribution in [0.15, 0.2) is 24.3 Å². The highest BCUT2D eigenvalue weighted by Crippen LogP contribution is 2.16.